The van der Waals surface area contributed by atoms with Crippen molar-refractivity contribution >= 4 is 39.2 Å². The molecule has 8 nitrogen and oxygen atoms in total. The molecule has 156 valence electrons. The van der Waals surface area contributed by atoms with Gasteiger partial charge in [-0.1, -0.05) is 0 Å². The fourth-order valence-corrected chi connectivity index (χ4v) is 3.99. The number of aryl methyl sites for hydroxylation is 1. The molecule has 0 bridgehead atoms. The summed E-state index contributed by atoms with van der Waals surface area (Å²) in [6.45, 7) is 3.19. The number of ether oxygens (including phenoxy) is 1. The number of carbonyl (C=O) groups excluding carboxylic acids is 2. The number of esters is 1. The molecule has 0 radical (unpaired) electrons. The minimum atomic E-state index is -3.79. The first-order chi connectivity index (χ1) is 14.2. The molecule has 0 aliphatic heterocycles. The molecule has 0 unspecified atom stereocenters. The van der Waals surface area contributed by atoms with Gasteiger partial charge < -0.3 is 9.30 Å². The number of benzene rings is 1. The van der Waals surface area contributed by atoms with Crippen LogP contribution >= 0.6 is 11.3 Å². The van der Waals surface area contributed by atoms with Gasteiger partial charge in [0.05, 0.1) is 4.90 Å². The van der Waals surface area contributed by atoms with Gasteiger partial charge in [-0.3, -0.25) is 4.79 Å². The van der Waals surface area contributed by atoms with Crippen LogP contribution in [-0.4, -0.2) is 36.3 Å². The largest absolute Gasteiger partial charge is 0.454 e. The first-order valence-corrected chi connectivity index (χ1v) is 11.2. The zero-order valence-corrected chi connectivity index (χ0v) is 17.9. The summed E-state index contributed by atoms with van der Waals surface area (Å²) in [6.07, 6.45) is 4.37. The van der Waals surface area contributed by atoms with Crippen molar-refractivity contribution in [2.24, 2.45) is 5.14 Å². The van der Waals surface area contributed by atoms with Crippen LogP contribution in [0.3, 0.4) is 0 Å². The Kier molecular flexibility index (Phi) is 6.30. The van der Waals surface area contributed by atoms with Crippen LogP contribution in [0.4, 0.5) is 0 Å². The number of thiazole rings is 1. The van der Waals surface area contributed by atoms with E-state index in [2.05, 4.69) is 4.98 Å². The lowest BCUT2D eigenvalue weighted by Gasteiger charge is -2.10. The van der Waals surface area contributed by atoms with Crippen LogP contribution in [0.15, 0.2) is 52.9 Å². The quantitative estimate of drug-likeness (QED) is 0.339. The Morgan fingerprint density at radius 3 is 2.53 bits per heavy atom. The van der Waals surface area contributed by atoms with Crippen molar-refractivity contribution in [1.82, 2.24) is 9.55 Å². The van der Waals surface area contributed by atoms with Crippen molar-refractivity contribution in [2.75, 3.05) is 6.61 Å². The number of Topliss-reactive ketones (excluding diaryl/α,β-unsaturated/α-hetero) is 1. The lowest BCUT2D eigenvalue weighted by atomic mass is 10.1. The molecule has 2 aromatic heterocycles. The second kappa shape index (κ2) is 8.74. The number of nitrogens with zero attached hydrogens (tertiary/aromatic N) is 2. The summed E-state index contributed by atoms with van der Waals surface area (Å²) >= 11 is 1.38. The van der Waals surface area contributed by atoms with Crippen molar-refractivity contribution in [2.45, 2.75) is 18.7 Å². The molecule has 0 aliphatic carbocycles. The maximum atomic E-state index is 12.6. The minimum absolute atomic E-state index is 0.00253. The molecule has 0 amide bonds. The van der Waals surface area contributed by atoms with Crippen LogP contribution in [-0.2, 0) is 19.6 Å². The summed E-state index contributed by atoms with van der Waals surface area (Å²) in [5.41, 5.74) is 2.52. The van der Waals surface area contributed by atoms with Crippen molar-refractivity contribution in [3.05, 3.63) is 69.9 Å². The number of primary sulfonamides is 1. The van der Waals surface area contributed by atoms with Gasteiger partial charge in [-0.05, 0) is 50.3 Å². The highest BCUT2D eigenvalue weighted by molar-refractivity contribution is 7.89. The molecule has 2 heterocycles. The topological polar surface area (TPSA) is 121 Å². The second-order valence-corrected chi connectivity index (χ2v) is 8.88. The van der Waals surface area contributed by atoms with Crippen molar-refractivity contribution in [3.63, 3.8) is 0 Å². The molecular formula is C20H19N3O5S2. The number of sulfonamides is 1. The predicted molar refractivity (Wildman–Crippen MR) is 113 cm³/mol. The Bertz CT molecular complexity index is 1210. The van der Waals surface area contributed by atoms with Crippen LogP contribution in [0.2, 0.25) is 0 Å². The van der Waals surface area contributed by atoms with Gasteiger partial charge in [0.25, 0.3) is 0 Å². The zero-order valence-electron chi connectivity index (χ0n) is 16.2. The first kappa shape index (κ1) is 21.6. The van der Waals surface area contributed by atoms with E-state index in [9.17, 15) is 18.0 Å². The molecule has 2 N–H and O–H groups in total. The zero-order chi connectivity index (χ0) is 21.9. The SMILES string of the molecule is Cc1cc(C(=O)COC(=O)C=Cc2nccs2)c(C)n1-c1ccc(S(N)(=O)=O)cc1. The minimum Gasteiger partial charge on any atom is -0.454 e. The highest BCUT2D eigenvalue weighted by Crippen LogP contribution is 2.22. The Balaban J connectivity index is 1.73. The molecule has 1 aromatic carbocycles. The van der Waals surface area contributed by atoms with Crippen molar-refractivity contribution < 1.29 is 22.7 Å². The van der Waals surface area contributed by atoms with Crippen LogP contribution in [0, 0.1) is 13.8 Å². The number of hydrogen-bond acceptors (Lipinski definition) is 7. The molecule has 3 rings (SSSR count). The number of carbonyl (C=O) groups is 2. The first-order valence-electron chi connectivity index (χ1n) is 8.76. The third-order valence-electron chi connectivity index (χ3n) is 4.31. The highest BCUT2D eigenvalue weighted by Gasteiger charge is 2.18. The second-order valence-electron chi connectivity index (χ2n) is 6.39. The van der Waals surface area contributed by atoms with E-state index in [0.717, 1.165) is 5.69 Å². The van der Waals surface area contributed by atoms with Crippen molar-refractivity contribution in [1.29, 1.82) is 0 Å². The van der Waals surface area contributed by atoms with Crippen LogP contribution in [0.1, 0.15) is 26.8 Å². The van der Waals surface area contributed by atoms with E-state index in [-0.39, 0.29) is 10.7 Å². The maximum absolute atomic E-state index is 12.6. The number of rotatable bonds is 7. The predicted octanol–water partition coefficient (Wildman–Crippen LogP) is 2.64. The van der Waals surface area contributed by atoms with Gasteiger partial charge in [0, 0.05) is 40.3 Å². The molecule has 3 aromatic rings. The summed E-state index contributed by atoms with van der Waals surface area (Å²) in [5, 5.41) is 7.57. The van der Waals surface area contributed by atoms with E-state index in [1.165, 1.54) is 35.6 Å². The molecule has 0 saturated carbocycles. The van der Waals surface area contributed by atoms with E-state index in [0.29, 0.717) is 22.0 Å². The molecular weight excluding hydrogens is 426 g/mol. The van der Waals surface area contributed by atoms with Gasteiger partial charge in [0.1, 0.15) is 5.01 Å². The Morgan fingerprint density at radius 2 is 1.93 bits per heavy atom. The summed E-state index contributed by atoms with van der Waals surface area (Å²) < 4.78 is 29.7. The van der Waals surface area contributed by atoms with Gasteiger partial charge in [0.15, 0.2) is 6.61 Å². The summed E-state index contributed by atoms with van der Waals surface area (Å²) in [4.78, 5) is 28.4. The number of nitrogens with two attached hydrogens (primary N) is 1. The Labute approximate surface area is 177 Å². The third kappa shape index (κ3) is 4.90. The van der Waals surface area contributed by atoms with Crippen LogP contribution in [0.5, 0.6) is 0 Å². The van der Waals surface area contributed by atoms with E-state index in [4.69, 9.17) is 9.88 Å². The number of aromatic nitrogens is 2. The van der Waals surface area contributed by atoms with Crippen LogP contribution < -0.4 is 5.14 Å². The van der Waals surface area contributed by atoms with E-state index < -0.39 is 22.6 Å². The van der Waals surface area contributed by atoms with E-state index in [1.807, 2.05) is 11.5 Å². The van der Waals surface area contributed by atoms with Gasteiger partial charge >= 0.3 is 5.97 Å². The highest BCUT2D eigenvalue weighted by atomic mass is 32.2. The summed E-state index contributed by atoms with van der Waals surface area (Å²) in [7, 11) is -3.79. The summed E-state index contributed by atoms with van der Waals surface area (Å²) in [6, 6.07) is 7.72. The third-order valence-corrected chi connectivity index (χ3v) is 5.98. The molecule has 10 heteroatoms. The van der Waals surface area contributed by atoms with Gasteiger partial charge in [-0.15, -0.1) is 11.3 Å². The van der Waals surface area contributed by atoms with Crippen molar-refractivity contribution in [3.8, 4) is 5.69 Å². The number of hydrogen-bond donors (Lipinski definition) is 1. The fourth-order valence-electron chi connectivity index (χ4n) is 2.95. The average Bonchev–Trinajstić information content (AvgIpc) is 3.31. The molecule has 0 fully saturated rings. The molecule has 30 heavy (non-hydrogen) atoms. The van der Waals surface area contributed by atoms with E-state index >= 15 is 0 Å². The Hall–Kier alpha value is -3.08. The van der Waals surface area contributed by atoms with E-state index in [1.54, 1.807) is 36.7 Å². The fraction of sp³-hybridized carbons (Fsp3) is 0.150. The van der Waals surface area contributed by atoms with Crippen LogP contribution in [0.25, 0.3) is 11.8 Å². The standard InChI is InChI=1S/C20H19N3O5S2/c1-13-11-17(18(24)12-28-20(25)8-7-19-22-9-10-29-19)14(2)23(13)15-3-5-16(6-4-15)30(21,26)27/h3-11H,12H2,1-2H3,(H2,21,26,27). The van der Waals surface area contributed by atoms with Gasteiger partial charge in [0.2, 0.25) is 15.8 Å². The molecule has 0 spiro atoms. The maximum Gasteiger partial charge on any atom is 0.331 e. The molecule has 0 aliphatic rings. The normalized spacial score (nSPS) is 11.7. The average molecular weight is 446 g/mol. The molecule has 0 atom stereocenters. The smallest absolute Gasteiger partial charge is 0.331 e. The molecule has 0 saturated heterocycles. The number of ketones is 1. The van der Waals surface area contributed by atoms with Gasteiger partial charge in [-0.2, -0.15) is 0 Å². The summed E-state index contributed by atoms with van der Waals surface area (Å²) in [5.74, 6) is -0.975. The van der Waals surface area contributed by atoms with Gasteiger partial charge in [-0.25, -0.2) is 23.3 Å². The lowest BCUT2D eigenvalue weighted by Crippen LogP contribution is -2.13. The Morgan fingerprint density at radius 1 is 1.23 bits per heavy atom. The monoisotopic (exact) mass is 445 g/mol. The lowest BCUT2D eigenvalue weighted by molar-refractivity contribution is -0.136.